The quantitative estimate of drug-likeness (QED) is 0.878. The van der Waals surface area contributed by atoms with Gasteiger partial charge in [0.1, 0.15) is 11.9 Å². The van der Waals surface area contributed by atoms with Crippen molar-refractivity contribution in [3.05, 3.63) is 23.4 Å². The van der Waals surface area contributed by atoms with Gasteiger partial charge in [-0.15, -0.1) is 0 Å². The molecule has 1 aromatic heterocycles. The molecule has 0 spiro atoms. The Kier molecular flexibility index (Phi) is 3.70. The van der Waals surface area contributed by atoms with Crippen LogP contribution in [0.2, 0.25) is 0 Å². The van der Waals surface area contributed by atoms with Gasteiger partial charge in [-0.2, -0.15) is 5.26 Å². The Bertz CT molecular complexity index is 536. The Labute approximate surface area is 112 Å². The van der Waals surface area contributed by atoms with E-state index in [2.05, 4.69) is 11.1 Å². The molecule has 0 aliphatic carbocycles. The number of hydrogen-bond acceptors (Lipinski definition) is 4. The molecule has 100 valence electrons. The maximum Gasteiger partial charge on any atom is 0.306 e. The molecular formula is C14H17N3O2. The Balaban J connectivity index is 2.27. The summed E-state index contributed by atoms with van der Waals surface area (Å²) in [6, 6.07) is 4.09. The second-order valence-corrected chi connectivity index (χ2v) is 5.04. The van der Waals surface area contributed by atoms with Gasteiger partial charge in [0.05, 0.1) is 11.5 Å². The minimum absolute atomic E-state index is 0.0799. The number of aryl methyl sites for hydroxylation is 1. The first-order chi connectivity index (χ1) is 9.04. The minimum Gasteiger partial charge on any atom is -0.481 e. The molecule has 2 atom stereocenters. The predicted octanol–water partition coefficient (Wildman–Crippen LogP) is 1.95. The molecule has 19 heavy (non-hydrogen) atoms. The highest BCUT2D eigenvalue weighted by Gasteiger charge is 2.31. The molecule has 2 rings (SSSR count). The van der Waals surface area contributed by atoms with Crippen LogP contribution in [-0.4, -0.2) is 28.6 Å². The molecule has 1 aliphatic heterocycles. The normalized spacial score (nSPS) is 22.9. The van der Waals surface area contributed by atoms with Crippen molar-refractivity contribution in [3.63, 3.8) is 0 Å². The highest BCUT2D eigenvalue weighted by molar-refractivity contribution is 5.70. The zero-order valence-electron chi connectivity index (χ0n) is 11.1. The lowest BCUT2D eigenvalue weighted by Crippen LogP contribution is -2.43. The standard InChI is InChI=1S/C14H17N3O2/c1-9-3-5-16-13(12(9)8-15)17-6-4-11(14(18)19)7-10(17)2/h3,5,10-11H,4,6-7H2,1-2H3,(H,18,19). The van der Waals surface area contributed by atoms with E-state index < -0.39 is 5.97 Å². The number of pyridine rings is 1. The second kappa shape index (κ2) is 5.27. The number of piperidine rings is 1. The van der Waals surface area contributed by atoms with Gasteiger partial charge in [-0.05, 0) is 38.3 Å². The lowest BCUT2D eigenvalue weighted by atomic mass is 9.91. The number of aromatic nitrogens is 1. The van der Waals surface area contributed by atoms with E-state index in [0.29, 0.717) is 30.8 Å². The highest BCUT2D eigenvalue weighted by Crippen LogP contribution is 2.29. The predicted molar refractivity (Wildman–Crippen MR) is 70.9 cm³/mol. The van der Waals surface area contributed by atoms with Crippen molar-refractivity contribution in [2.75, 3.05) is 11.4 Å². The number of anilines is 1. The molecule has 1 N–H and O–H groups in total. The summed E-state index contributed by atoms with van der Waals surface area (Å²) in [5.41, 5.74) is 1.49. The smallest absolute Gasteiger partial charge is 0.306 e. The number of rotatable bonds is 2. The van der Waals surface area contributed by atoms with Gasteiger partial charge < -0.3 is 10.0 Å². The minimum atomic E-state index is -0.732. The molecule has 0 amide bonds. The van der Waals surface area contributed by atoms with Crippen molar-refractivity contribution in [1.82, 2.24) is 4.98 Å². The number of nitriles is 1. The lowest BCUT2D eigenvalue weighted by Gasteiger charge is -2.37. The third-order valence-electron chi connectivity index (χ3n) is 3.75. The van der Waals surface area contributed by atoms with Crippen molar-refractivity contribution in [2.24, 2.45) is 5.92 Å². The number of hydrogen-bond donors (Lipinski definition) is 1. The molecule has 1 saturated heterocycles. The van der Waals surface area contributed by atoms with Crippen LogP contribution >= 0.6 is 0 Å². The van der Waals surface area contributed by atoms with E-state index >= 15 is 0 Å². The van der Waals surface area contributed by atoms with Crippen LogP contribution in [0.15, 0.2) is 12.3 Å². The summed E-state index contributed by atoms with van der Waals surface area (Å²) in [6.07, 6.45) is 2.89. The Morgan fingerprint density at radius 3 is 2.95 bits per heavy atom. The van der Waals surface area contributed by atoms with Gasteiger partial charge in [-0.1, -0.05) is 0 Å². The Morgan fingerprint density at radius 2 is 2.37 bits per heavy atom. The lowest BCUT2D eigenvalue weighted by molar-refractivity contribution is -0.142. The van der Waals surface area contributed by atoms with Crippen LogP contribution in [-0.2, 0) is 4.79 Å². The Hall–Kier alpha value is -2.09. The van der Waals surface area contributed by atoms with E-state index in [9.17, 15) is 10.1 Å². The van der Waals surface area contributed by atoms with Crippen molar-refractivity contribution in [2.45, 2.75) is 32.7 Å². The molecular weight excluding hydrogens is 242 g/mol. The van der Waals surface area contributed by atoms with Crippen LogP contribution in [0.5, 0.6) is 0 Å². The van der Waals surface area contributed by atoms with E-state index in [1.165, 1.54) is 0 Å². The molecule has 0 radical (unpaired) electrons. The van der Waals surface area contributed by atoms with Gasteiger partial charge in [0.25, 0.3) is 0 Å². The van der Waals surface area contributed by atoms with Gasteiger partial charge in [0.2, 0.25) is 0 Å². The SMILES string of the molecule is Cc1ccnc(N2CCC(C(=O)O)CC2C)c1C#N. The number of carboxylic acid groups (broad SMARTS) is 1. The molecule has 1 aliphatic rings. The zero-order valence-corrected chi connectivity index (χ0v) is 11.1. The summed E-state index contributed by atoms with van der Waals surface area (Å²) < 4.78 is 0. The van der Waals surface area contributed by atoms with Crippen molar-refractivity contribution in [1.29, 1.82) is 5.26 Å². The molecule has 5 heteroatoms. The van der Waals surface area contributed by atoms with Crippen LogP contribution < -0.4 is 4.90 Å². The average Bonchev–Trinajstić information content (AvgIpc) is 2.38. The van der Waals surface area contributed by atoms with E-state index in [1.807, 2.05) is 24.8 Å². The fraction of sp³-hybridized carbons (Fsp3) is 0.500. The number of carbonyl (C=O) groups is 1. The first kappa shape index (κ1) is 13.3. The summed E-state index contributed by atoms with van der Waals surface area (Å²) in [5, 5.41) is 18.3. The van der Waals surface area contributed by atoms with Crippen LogP contribution in [0.25, 0.3) is 0 Å². The van der Waals surface area contributed by atoms with Crippen molar-refractivity contribution >= 4 is 11.8 Å². The topological polar surface area (TPSA) is 77.2 Å². The summed E-state index contributed by atoms with van der Waals surface area (Å²) in [4.78, 5) is 17.4. The molecule has 5 nitrogen and oxygen atoms in total. The first-order valence-corrected chi connectivity index (χ1v) is 6.39. The number of nitrogens with zero attached hydrogens (tertiary/aromatic N) is 3. The van der Waals surface area contributed by atoms with E-state index in [4.69, 9.17) is 5.11 Å². The maximum atomic E-state index is 11.0. The number of aliphatic carboxylic acids is 1. The van der Waals surface area contributed by atoms with Crippen LogP contribution in [0.3, 0.4) is 0 Å². The summed E-state index contributed by atoms with van der Waals surface area (Å²) in [6.45, 7) is 4.50. The van der Waals surface area contributed by atoms with Crippen molar-refractivity contribution in [3.8, 4) is 6.07 Å². The molecule has 2 heterocycles. The fourth-order valence-corrected chi connectivity index (χ4v) is 2.61. The molecule has 1 fully saturated rings. The number of carboxylic acids is 1. The van der Waals surface area contributed by atoms with E-state index in [-0.39, 0.29) is 12.0 Å². The van der Waals surface area contributed by atoms with Crippen LogP contribution in [0, 0.1) is 24.2 Å². The van der Waals surface area contributed by atoms with Crippen LogP contribution in [0.4, 0.5) is 5.82 Å². The largest absolute Gasteiger partial charge is 0.481 e. The van der Waals surface area contributed by atoms with Gasteiger partial charge in [0.15, 0.2) is 0 Å². The first-order valence-electron chi connectivity index (χ1n) is 6.39. The van der Waals surface area contributed by atoms with Gasteiger partial charge in [0, 0.05) is 18.8 Å². The summed E-state index contributed by atoms with van der Waals surface area (Å²) in [7, 11) is 0. The maximum absolute atomic E-state index is 11.0. The Morgan fingerprint density at radius 1 is 1.63 bits per heavy atom. The monoisotopic (exact) mass is 259 g/mol. The highest BCUT2D eigenvalue weighted by atomic mass is 16.4. The fourth-order valence-electron chi connectivity index (χ4n) is 2.61. The molecule has 1 aromatic rings. The van der Waals surface area contributed by atoms with E-state index in [0.717, 1.165) is 5.56 Å². The molecule has 2 unspecified atom stereocenters. The van der Waals surface area contributed by atoms with Crippen LogP contribution in [0.1, 0.15) is 30.9 Å². The van der Waals surface area contributed by atoms with Gasteiger partial charge in [-0.3, -0.25) is 4.79 Å². The third kappa shape index (κ3) is 2.53. The third-order valence-corrected chi connectivity index (χ3v) is 3.75. The zero-order chi connectivity index (χ0) is 14.0. The molecule has 0 bridgehead atoms. The average molecular weight is 259 g/mol. The summed E-state index contributed by atoms with van der Waals surface area (Å²) in [5.74, 6) is -0.343. The second-order valence-electron chi connectivity index (χ2n) is 5.04. The van der Waals surface area contributed by atoms with E-state index in [1.54, 1.807) is 6.20 Å². The molecule has 0 aromatic carbocycles. The summed E-state index contributed by atoms with van der Waals surface area (Å²) >= 11 is 0. The van der Waals surface area contributed by atoms with Gasteiger partial charge >= 0.3 is 5.97 Å². The van der Waals surface area contributed by atoms with Gasteiger partial charge in [-0.25, -0.2) is 4.98 Å². The van der Waals surface area contributed by atoms with Crippen molar-refractivity contribution < 1.29 is 9.90 Å². The molecule has 0 saturated carbocycles.